The molecule has 0 aliphatic carbocycles. The molecule has 1 heterocycles. The minimum atomic E-state index is 0.730. The van der Waals surface area contributed by atoms with Gasteiger partial charge in [-0.15, -0.1) is 0 Å². The van der Waals surface area contributed by atoms with Gasteiger partial charge in [0, 0.05) is 12.6 Å². The van der Waals surface area contributed by atoms with Gasteiger partial charge in [0.1, 0.15) is 5.82 Å². The van der Waals surface area contributed by atoms with Gasteiger partial charge in [-0.05, 0) is 49.9 Å². The van der Waals surface area contributed by atoms with Crippen molar-refractivity contribution in [3.8, 4) is 11.1 Å². The zero-order valence-electron chi connectivity index (χ0n) is 11.1. The molecule has 0 amide bonds. The Hall–Kier alpha value is -1.77. The van der Waals surface area contributed by atoms with Crippen LogP contribution in [0.25, 0.3) is 11.1 Å². The van der Waals surface area contributed by atoms with Crippen molar-refractivity contribution >= 4 is 5.82 Å². The Labute approximate surface area is 102 Å². The summed E-state index contributed by atoms with van der Waals surface area (Å²) in [6.07, 6.45) is 0. The van der Waals surface area contributed by atoms with Crippen LogP contribution >= 0.6 is 0 Å². The maximum Gasteiger partial charge on any atom is 0.129 e. The maximum atomic E-state index is 6.09. The van der Waals surface area contributed by atoms with Gasteiger partial charge in [0.15, 0.2) is 0 Å². The molecule has 0 aliphatic heterocycles. The molecule has 0 fully saturated rings. The molecule has 0 saturated carbocycles. The van der Waals surface area contributed by atoms with Crippen LogP contribution < -0.4 is 5.73 Å². The number of rotatable bonds is 1. The Balaban J connectivity index is 2.73. The Morgan fingerprint density at radius 3 is 2.24 bits per heavy atom. The van der Waals surface area contributed by atoms with E-state index in [1.807, 2.05) is 14.0 Å². The number of aryl methyl sites for hydroxylation is 3. The lowest BCUT2D eigenvalue weighted by molar-refractivity contribution is 0.767. The second-order valence-corrected chi connectivity index (χ2v) is 4.65. The summed E-state index contributed by atoms with van der Waals surface area (Å²) < 4.78 is 1.74. The third-order valence-electron chi connectivity index (χ3n) is 3.59. The molecule has 0 aliphatic rings. The fraction of sp³-hybridized carbons (Fsp3) is 0.357. The van der Waals surface area contributed by atoms with Crippen LogP contribution in [0.1, 0.15) is 22.4 Å². The van der Waals surface area contributed by atoms with Crippen LogP contribution in [-0.2, 0) is 7.05 Å². The van der Waals surface area contributed by atoms with Crippen molar-refractivity contribution in [2.45, 2.75) is 27.7 Å². The normalized spacial score (nSPS) is 10.9. The van der Waals surface area contributed by atoms with Crippen molar-refractivity contribution in [3.63, 3.8) is 0 Å². The lowest BCUT2D eigenvalue weighted by atomic mass is 9.94. The van der Waals surface area contributed by atoms with E-state index in [2.05, 4.69) is 38.0 Å². The number of nitrogens with two attached hydrogens (primary N) is 1. The second kappa shape index (κ2) is 3.91. The van der Waals surface area contributed by atoms with E-state index in [1.54, 1.807) is 4.68 Å². The summed E-state index contributed by atoms with van der Waals surface area (Å²) in [4.78, 5) is 0. The Bertz CT molecular complexity index is 580. The largest absolute Gasteiger partial charge is 0.383 e. The van der Waals surface area contributed by atoms with Crippen molar-refractivity contribution in [2.24, 2.45) is 7.05 Å². The number of hydrogen-bond acceptors (Lipinski definition) is 2. The van der Waals surface area contributed by atoms with E-state index in [0.29, 0.717) is 0 Å². The van der Waals surface area contributed by atoms with Crippen LogP contribution in [0.5, 0.6) is 0 Å². The lowest BCUT2D eigenvalue weighted by Gasteiger charge is -2.11. The predicted octanol–water partition coefficient (Wildman–Crippen LogP) is 2.90. The van der Waals surface area contributed by atoms with Crippen LogP contribution in [0.2, 0.25) is 0 Å². The second-order valence-electron chi connectivity index (χ2n) is 4.65. The van der Waals surface area contributed by atoms with Crippen LogP contribution in [-0.4, -0.2) is 9.78 Å². The van der Waals surface area contributed by atoms with E-state index in [0.717, 1.165) is 17.1 Å². The number of anilines is 1. The average Bonchev–Trinajstić information content (AvgIpc) is 2.52. The number of hydrogen-bond donors (Lipinski definition) is 1. The quantitative estimate of drug-likeness (QED) is 0.817. The van der Waals surface area contributed by atoms with Crippen molar-refractivity contribution in [3.05, 3.63) is 34.5 Å². The highest BCUT2D eigenvalue weighted by Gasteiger charge is 2.15. The van der Waals surface area contributed by atoms with Crippen LogP contribution in [0.4, 0.5) is 5.82 Å². The highest BCUT2D eigenvalue weighted by Crippen LogP contribution is 2.33. The topological polar surface area (TPSA) is 43.8 Å². The predicted molar refractivity (Wildman–Crippen MR) is 72.0 cm³/mol. The highest BCUT2D eigenvalue weighted by atomic mass is 15.3. The van der Waals surface area contributed by atoms with E-state index < -0.39 is 0 Å². The molecule has 2 N–H and O–H groups in total. The molecule has 1 aromatic carbocycles. The average molecular weight is 229 g/mol. The molecule has 0 atom stereocenters. The van der Waals surface area contributed by atoms with Crippen molar-refractivity contribution in [2.75, 3.05) is 5.73 Å². The molecule has 0 radical (unpaired) electrons. The first kappa shape index (κ1) is 11.7. The molecule has 0 unspecified atom stereocenters. The Morgan fingerprint density at radius 1 is 1.06 bits per heavy atom. The zero-order valence-corrected chi connectivity index (χ0v) is 11.1. The molecule has 2 aromatic rings. The molecule has 3 nitrogen and oxygen atoms in total. The number of aromatic nitrogens is 2. The van der Waals surface area contributed by atoms with Gasteiger partial charge in [0.25, 0.3) is 0 Å². The van der Waals surface area contributed by atoms with Crippen LogP contribution in [0.3, 0.4) is 0 Å². The van der Waals surface area contributed by atoms with E-state index in [-0.39, 0.29) is 0 Å². The van der Waals surface area contributed by atoms with Gasteiger partial charge >= 0.3 is 0 Å². The monoisotopic (exact) mass is 229 g/mol. The standard InChI is InChI=1S/C14H19N3/c1-8-6-7-12(10(3)9(8)2)13-11(4)16-17(5)14(13)15/h6-7H,15H2,1-5H3. The molecule has 90 valence electrons. The van der Waals surface area contributed by atoms with E-state index in [4.69, 9.17) is 5.73 Å². The van der Waals surface area contributed by atoms with Crippen molar-refractivity contribution in [1.29, 1.82) is 0 Å². The number of nitrogens with zero attached hydrogens (tertiary/aromatic N) is 2. The molecule has 0 saturated heterocycles. The van der Waals surface area contributed by atoms with Gasteiger partial charge in [0.05, 0.1) is 5.69 Å². The van der Waals surface area contributed by atoms with Gasteiger partial charge < -0.3 is 5.73 Å². The van der Waals surface area contributed by atoms with Crippen molar-refractivity contribution in [1.82, 2.24) is 9.78 Å². The van der Waals surface area contributed by atoms with Gasteiger partial charge in [0.2, 0.25) is 0 Å². The van der Waals surface area contributed by atoms with E-state index in [1.165, 1.54) is 22.3 Å². The van der Waals surface area contributed by atoms with E-state index >= 15 is 0 Å². The first-order valence-corrected chi connectivity index (χ1v) is 5.79. The molecule has 0 spiro atoms. The molecule has 2 rings (SSSR count). The Morgan fingerprint density at radius 2 is 1.71 bits per heavy atom. The SMILES string of the molecule is Cc1ccc(-c2c(C)nn(C)c2N)c(C)c1C. The minimum absolute atomic E-state index is 0.730. The van der Waals surface area contributed by atoms with Gasteiger partial charge in [-0.2, -0.15) is 5.10 Å². The van der Waals surface area contributed by atoms with E-state index in [9.17, 15) is 0 Å². The lowest BCUT2D eigenvalue weighted by Crippen LogP contribution is -1.99. The van der Waals surface area contributed by atoms with Crippen LogP contribution in [0, 0.1) is 27.7 Å². The van der Waals surface area contributed by atoms with Gasteiger partial charge in [-0.3, -0.25) is 4.68 Å². The summed E-state index contributed by atoms with van der Waals surface area (Å²) in [6, 6.07) is 4.28. The zero-order chi connectivity index (χ0) is 12.7. The number of nitrogen functional groups attached to an aromatic ring is 1. The minimum Gasteiger partial charge on any atom is -0.383 e. The molecule has 17 heavy (non-hydrogen) atoms. The van der Waals surface area contributed by atoms with Gasteiger partial charge in [-0.1, -0.05) is 12.1 Å². The summed E-state index contributed by atoms with van der Waals surface area (Å²) >= 11 is 0. The first-order valence-electron chi connectivity index (χ1n) is 5.79. The fourth-order valence-corrected chi connectivity index (χ4v) is 2.24. The Kier molecular flexibility index (Phi) is 2.69. The highest BCUT2D eigenvalue weighted by molar-refractivity contribution is 5.79. The molecule has 3 heteroatoms. The third kappa shape index (κ3) is 1.71. The molecular formula is C14H19N3. The summed E-state index contributed by atoms with van der Waals surface area (Å²) in [5.41, 5.74) is 13.3. The summed E-state index contributed by atoms with van der Waals surface area (Å²) in [5.74, 6) is 0.730. The maximum absolute atomic E-state index is 6.09. The smallest absolute Gasteiger partial charge is 0.129 e. The summed E-state index contributed by atoms with van der Waals surface area (Å²) in [5, 5.41) is 4.37. The van der Waals surface area contributed by atoms with Gasteiger partial charge in [-0.25, -0.2) is 0 Å². The van der Waals surface area contributed by atoms with Crippen LogP contribution in [0.15, 0.2) is 12.1 Å². The summed E-state index contributed by atoms with van der Waals surface area (Å²) in [6.45, 7) is 8.42. The molecular weight excluding hydrogens is 210 g/mol. The van der Waals surface area contributed by atoms with Crippen molar-refractivity contribution < 1.29 is 0 Å². The fourth-order valence-electron chi connectivity index (χ4n) is 2.24. The molecule has 1 aromatic heterocycles. The number of benzene rings is 1. The molecule has 0 bridgehead atoms. The summed E-state index contributed by atoms with van der Waals surface area (Å²) in [7, 11) is 1.88. The third-order valence-corrected chi connectivity index (χ3v) is 3.59. The first-order chi connectivity index (χ1) is 7.93.